The fourth-order valence-corrected chi connectivity index (χ4v) is 4.56. The molecule has 0 aliphatic heterocycles. The Morgan fingerprint density at radius 3 is 2.40 bits per heavy atom. The molecule has 1 heterocycles. The SMILES string of the molecule is Cn1c(-c2ccc(C(=N)N)cc2)nc2cc(C(=O)NCCC(=O)OC3CCCCCCC3)ccc21. The van der Waals surface area contributed by atoms with Gasteiger partial charge in [0.05, 0.1) is 17.5 Å². The van der Waals surface area contributed by atoms with E-state index in [1.54, 1.807) is 24.3 Å². The molecule has 0 bridgehead atoms. The third kappa shape index (κ3) is 6.07. The van der Waals surface area contributed by atoms with Crippen molar-refractivity contribution in [3.63, 3.8) is 0 Å². The van der Waals surface area contributed by atoms with E-state index in [0.29, 0.717) is 16.6 Å². The van der Waals surface area contributed by atoms with E-state index in [1.807, 2.05) is 29.8 Å². The number of aromatic nitrogens is 2. The lowest BCUT2D eigenvalue weighted by atomic mass is 9.98. The molecule has 0 atom stereocenters. The van der Waals surface area contributed by atoms with Crippen LogP contribution in [0.25, 0.3) is 22.4 Å². The number of hydrogen-bond acceptors (Lipinski definition) is 5. The van der Waals surface area contributed by atoms with Crippen LogP contribution in [0, 0.1) is 5.41 Å². The molecule has 35 heavy (non-hydrogen) atoms. The Balaban J connectivity index is 1.35. The molecule has 1 aliphatic rings. The molecule has 2 aromatic carbocycles. The number of ether oxygens (including phenoxy) is 1. The summed E-state index contributed by atoms with van der Waals surface area (Å²) in [6.07, 6.45) is 7.94. The molecule has 1 aliphatic carbocycles. The average molecular weight is 476 g/mol. The predicted octanol–water partition coefficient (Wildman–Crippen LogP) is 4.30. The lowest BCUT2D eigenvalue weighted by Crippen LogP contribution is -2.28. The maximum atomic E-state index is 12.7. The van der Waals surface area contributed by atoms with Crippen LogP contribution in [0.4, 0.5) is 0 Å². The Labute approximate surface area is 205 Å². The standard InChI is InChI=1S/C27H33N5O3/c1-32-23-14-13-20(17-22(23)31-26(32)19-11-9-18(10-12-19)25(28)29)27(34)30-16-15-24(33)35-21-7-5-3-2-4-6-8-21/h9-14,17,21H,2-8,15-16H2,1H3,(H3,28,29)(H,30,34). The lowest BCUT2D eigenvalue weighted by Gasteiger charge is -2.20. The third-order valence-electron chi connectivity index (χ3n) is 6.56. The second-order valence-electron chi connectivity index (χ2n) is 9.15. The summed E-state index contributed by atoms with van der Waals surface area (Å²) in [5, 5.41) is 10.4. The van der Waals surface area contributed by atoms with Gasteiger partial charge in [0.15, 0.2) is 0 Å². The highest BCUT2D eigenvalue weighted by Gasteiger charge is 2.17. The van der Waals surface area contributed by atoms with Gasteiger partial charge in [0.2, 0.25) is 0 Å². The van der Waals surface area contributed by atoms with Crippen LogP contribution in [0.3, 0.4) is 0 Å². The van der Waals surface area contributed by atoms with Gasteiger partial charge in [-0.25, -0.2) is 4.98 Å². The molecule has 184 valence electrons. The van der Waals surface area contributed by atoms with Crippen molar-refractivity contribution >= 4 is 28.7 Å². The van der Waals surface area contributed by atoms with Crippen molar-refractivity contribution in [3.05, 3.63) is 53.6 Å². The smallest absolute Gasteiger partial charge is 0.307 e. The van der Waals surface area contributed by atoms with Crippen LogP contribution >= 0.6 is 0 Å². The second-order valence-corrected chi connectivity index (χ2v) is 9.15. The van der Waals surface area contributed by atoms with Crippen LogP contribution in [-0.4, -0.2) is 39.9 Å². The topological polar surface area (TPSA) is 123 Å². The number of amidine groups is 1. The Bertz CT molecular complexity index is 1210. The van der Waals surface area contributed by atoms with Gasteiger partial charge in [0.1, 0.15) is 17.8 Å². The largest absolute Gasteiger partial charge is 0.462 e. The summed E-state index contributed by atoms with van der Waals surface area (Å²) in [6.45, 7) is 0.235. The molecule has 4 N–H and O–H groups in total. The Morgan fingerprint density at radius 1 is 1.06 bits per heavy atom. The average Bonchev–Trinajstić information content (AvgIpc) is 3.16. The van der Waals surface area contributed by atoms with Crippen LogP contribution in [0.1, 0.15) is 67.3 Å². The number of benzene rings is 2. The zero-order valence-electron chi connectivity index (χ0n) is 20.2. The summed E-state index contributed by atoms with van der Waals surface area (Å²) in [5.74, 6) is 0.273. The number of imidazole rings is 1. The van der Waals surface area contributed by atoms with Gasteiger partial charge in [-0.15, -0.1) is 0 Å². The minimum atomic E-state index is -0.253. The molecule has 0 spiro atoms. The van der Waals surface area contributed by atoms with Gasteiger partial charge in [0.25, 0.3) is 5.91 Å². The summed E-state index contributed by atoms with van der Waals surface area (Å²) < 4.78 is 7.59. The van der Waals surface area contributed by atoms with Gasteiger partial charge in [-0.05, 0) is 43.9 Å². The van der Waals surface area contributed by atoms with Crippen molar-refractivity contribution in [2.45, 2.75) is 57.5 Å². The number of hydrogen-bond donors (Lipinski definition) is 3. The highest BCUT2D eigenvalue weighted by Crippen LogP contribution is 2.25. The molecular weight excluding hydrogens is 442 g/mol. The number of nitrogens with one attached hydrogen (secondary N) is 2. The van der Waals surface area contributed by atoms with Crippen molar-refractivity contribution in [1.82, 2.24) is 14.9 Å². The number of carbonyl (C=O) groups is 2. The van der Waals surface area contributed by atoms with Gasteiger partial charge < -0.3 is 20.4 Å². The van der Waals surface area contributed by atoms with E-state index >= 15 is 0 Å². The van der Waals surface area contributed by atoms with E-state index in [1.165, 1.54) is 19.3 Å². The van der Waals surface area contributed by atoms with E-state index in [2.05, 4.69) is 5.32 Å². The van der Waals surface area contributed by atoms with Crippen LogP contribution in [-0.2, 0) is 16.6 Å². The first kappa shape index (κ1) is 24.4. The van der Waals surface area contributed by atoms with Gasteiger partial charge >= 0.3 is 5.97 Å². The Kier molecular flexibility index (Phi) is 7.80. The fourth-order valence-electron chi connectivity index (χ4n) is 4.56. The Morgan fingerprint density at radius 2 is 1.71 bits per heavy atom. The zero-order valence-corrected chi connectivity index (χ0v) is 20.2. The number of esters is 1. The molecule has 1 saturated carbocycles. The molecular formula is C27H33N5O3. The van der Waals surface area contributed by atoms with Crippen molar-refractivity contribution < 1.29 is 14.3 Å². The van der Waals surface area contributed by atoms with Gasteiger partial charge in [-0.3, -0.25) is 15.0 Å². The number of nitrogens with zero attached hydrogens (tertiary/aromatic N) is 2. The first-order chi connectivity index (χ1) is 16.9. The first-order valence-corrected chi connectivity index (χ1v) is 12.3. The monoisotopic (exact) mass is 475 g/mol. The van der Waals surface area contributed by atoms with Crippen molar-refractivity contribution in [2.75, 3.05) is 6.54 Å². The predicted molar refractivity (Wildman–Crippen MR) is 136 cm³/mol. The van der Waals surface area contributed by atoms with Crippen molar-refractivity contribution in [3.8, 4) is 11.4 Å². The first-order valence-electron chi connectivity index (χ1n) is 12.3. The zero-order chi connectivity index (χ0) is 24.8. The number of nitrogen functional groups attached to an aromatic ring is 1. The number of aryl methyl sites for hydroxylation is 1. The molecule has 1 aromatic heterocycles. The Hall–Kier alpha value is -3.68. The number of nitrogens with two attached hydrogens (primary N) is 1. The number of amides is 1. The second kappa shape index (κ2) is 11.2. The van der Waals surface area contributed by atoms with Crippen molar-refractivity contribution in [2.24, 2.45) is 12.8 Å². The summed E-state index contributed by atoms with van der Waals surface area (Å²) in [5.41, 5.74) is 9.18. The minimum Gasteiger partial charge on any atom is -0.462 e. The summed E-state index contributed by atoms with van der Waals surface area (Å²) in [4.78, 5) is 29.6. The molecule has 1 fully saturated rings. The maximum absolute atomic E-state index is 12.7. The normalized spacial score (nSPS) is 14.8. The highest BCUT2D eigenvalue weighted by atomic mass is 16.5. The van der Waals surface area contributed by atoms with E-state index in [4.69, 9.17) is 20.9 Å². The molecule has 1 amide bonds. The summed E-state index contributed by atoms with van der Waals surface area (Å²) in [7, 11) is 1.92. The van der Waals surface area contributed by atoms with E-state index in [0.717, 1.165) is 42.6 Å². The fraction of sp³-hybridized carbons (Fsp3) is 0.407. The van der Waals surface area contributed by atoms with Gasteiger partial charge in [-0.1, -0.05) is 43.5 Å². The number of fused-ring (bicyclic) bond motifs is 1. The third-order valence-corrected chi connectivity index (χ3v) is 6.56. The molecule has 3 aromatic rings. The van der Waals surface area contributed by atoms with Gasteiger partial charge in [0, 0.05) is 30.3 Å². The summed E-state index contributed by atoms with van der Waals surface area (Å²) >= 11 is 0. The molecule has 0 radical (unpaired) electrons. The quantitative estimate of drug-likeness (QED) is 0.267. The van der Waals surface area contributed by atoms with Crippen LogP contribution < -0.4 is 11.1 Å². The van der Waals surface area contributed by atoms with Crippen LogP contribution in [0.15, 0.2) is 42.5 Å². The van der Waals surface area contributed by atoms with Crippen molar-refractivity contribution in [1.29, 1.82) is 5.41 Å². The van der Waals surface area contributed by atoms with E-state index in [-0.39, 0.29) is 36.8 Å². The molecule has 4 rings (SSSR count). The summed E-state index contributed by atoms with van der Waals surface area (Å²) in [6, 6.07) is 12.7. The maximum Gasteiger partial charge on any atom is 0.307 e. The van der Waals surface area contributed by atoms with Crippen LogP contribution in [0.2, 0.25) is 0 Å². The molecule has 0 saturated heterocycles. The van der Waals surface area contributed by atoms with E-state index < -0.39 is 0 Å². The van der Waals surface area contributed by atoms with Crippen LogP contribution in [0.5, 0.6) is 0 Å². The molecule has 8 heteroatoms. The number of rotatable bonds is 7. The highest BCUT2D eigenvalue weighted by molar-refractivity contribution is 5.98. The van der Waals surface area contributed by atoms with E-state index in [9.17, 15) is 9.59 Å². The van der Waals surface area contributed by atoms with Gasteiger partial charge in [-0.2, -0.15) is 0 Å². The molecule has 0 unspecified atom stereocenters. The number of carbonyl (C=O) groups excluding carboxylic acids is 2. The minimum absolute atomic E-state index is 0.0120. The molecule has 8 nitrogen and oxygen atoms in total. The lowest BCUT2D eigenvalue weighted by molar-refractivity contribution is -0.149.